The van der Waals surface area contributed by atoms with Crippen molar-refractivity contribution in [1.82, 2.24) is 20.1 Å². The summed E-state index contributed by atoms with van der Waals surface area (Å²) in [7, 11) is 2.14. The third kappa shape index (κ3) is 4.47. The van der Waals surface area contributed by atoms with Crippen LogP contribution in [0.5, 0.6) is 0 Å². The molecular formula is C25H24F2N6O. The number of halogens is 2. The van der Waals surface area contributed by atoms with Crippen molar-refractivity contribution in [3.63, 3.8) is 0 Å². The molecule has 5 rings (SSSR count). The lowest BCUT2D eigenvalue weighted by Gasteiger charge is -2.29. The Kier molecular flexibility index (Phi) is 5.93. The highest BCUT2D eigenvalue weighted by Crippen LogP contribution is 2.28. The molecule has 9 heteroatoms. The fourth-order valence-corrected chi connectivity index (χ4v) is 4.24. The lowest BCUT2D eigenvalue weighted by atomic mass is 9.89. The molecule has 0 aliphatic carbocycles. The van der Waals surface area contributed by atoms with Crippen molar-refractivity contribution in [2.45, 2.75) is 18.8 Å². The molecule has 7 nitrogen and oxygen atoms in total. The number of likely N-dealkylation sites (tertiary alicyclic amines) is 1. The van der Waals surface area contributed by atoms with Crippen molar-refractivity contribution >= 4 is 34.3 Å². The number of nitrogens with zero attached hydrogens (tertiary/aromatic N) is 3. The first-order valence-corrected chi connectivity index (χ1v) is 11.1. The Morgan fingerprint density at radius 3 is 2.59 bits per heavy atom. The van der Waals surface area contributed by atoms with E-state index in [1.165, 1.54) is 17.7 Å². The van der Waals surface area contributed by atoms with E-state index < -0.39 is 11.6 Å². The Morgan fingerprint density at radius 1 is 1.06 bits per heavy atom. The molecule has 1 amide bonds. The number of nitrogens with one attached hydrogen (secondary N) is 3. The molecule has 2 aromatic heterocycles. The van der Waals surface area contributed by atoms with Crippen molar-refractivity contribution in [3.8, 4) is 0 Å². The summed E-state index contributed by atoms with van der Waals surface area (Å²) in [5.41, 5.74) is 2.17. The molecule has 1 saturated heterocycles. The van der Waals surface area contributed by atoms with E-state index in [0.717, 1.165) is 32.0 Å². The lowest BCUT2D eigenvalue weighted by Crippen LogP contribution is -2.29. The number of anilines is 3. The summed E-state index contributed by atoms with van der Waals surface area (Å²) in [6.45, 7) is 2.17. The molecule has 3 heterocycles. The Bertz CT molecular complexity index is 1330. The molecule has 0 saturated carbocycles. The van der Waals surface area contributed by atoms with Crippen LogP contribution in [0.3, 0.4) is 0 Å². The van der Waals surface area contributed by atoms with Crippen molar-refractivity contribution in [1.29, 1.82) is 0 Å². The maximum atomic E-state index is 13.9. The third-order valence-electron chi connectivity index (χ3n) is 6.23. The Morgan fingerprint density at radius 2 is 1.82 bits per heavy atom. The molecule has 174 valence electrons. The largest absolute Gasteiger partial charge is 0.338 e. The standard InChI is InChI=1S/C25H24F2N6O/c1-33-13-11-16(12-14-33)15-5-7-17(8-6-15)25(34)30-24-18-9-10-21(29-23(18)31-32-24)28-20-4-2-3-19(26)22(20)27/h2-10,16H,11-14H2,1H3,(H3,28,29,30,31,32,34). The van der Waals surface area contributed by atoms with Gasteiger partial charge in [-0.25, -0.2) is 13.8 Å². The number of hydrogen-bond donors (Lipinski definition) is 3. The maximum Gasteiger partial charge on any atom is 0.256 e. The van der Waals surface area contributed by atoms with Crippen LogP contribution in [0.1, 0.15) is 34.7 Å². The van der Waals surface area contributed by atoms with Crippen LogP contribution in [-0.2, 0) is 0 Å². The molecular weight excluding hydrogens is 438 g/mol. The lowest BCUT2D eigenvalue weighted by molar-refractivity contribution is 0.102. The van der Waals surface area contributed by atoms with E-state index >= 15 is 0 Å². The van der Waals surface area contributed by atoms with E-state index in [-0.39, 0.29) is 11.6 Å². The number of amides is 1. The van der Waals surface area contributed by atoms with Crippen LogP contribution < -0.4 is 10.6 Å². The topological polar surface area (TPSA) is 85.9 Å². The summed E-state index contributed by atoms with van der Waals surface area (Å²) in [4.78, 5) is 19.5. The summed E-state index contributed by atoms with van der Waals surface area (Å²) in [5.74, 6) is -1.02. The molecule has 3 N–H and O–H groups in total. The molecule has 34 heavy (non-hydrogen) atoms. The number of H-pyrrole nitrogens is 1. The molecule has 0 radical (unpaired) electrons. The molecule has 4 aromatic rings. The monoisotopic (exact) mass is 462 g/mol. The number of carbonyl (C=O) groups is 1. The minimum Gasteiger partial charge on any atom is -0.338 e. The van der Waals surface area contributed by atoms with Crippen LogP contribution >= 0.6 is 0 Å². The zero-order valence-electron chi connectivity index (χ0n) is 18.6. The molecule has 0 atom stereocenters. The molecule has 2 aromatic carbocycles. The van der Waals surface area contributed by atoms with Gasteiger partial charge < -0.3 is 15.5 Å². The minimum absolute atomic E-state index is 0.0245. The molecule has 0 bridgehead atoms. The average molecular weight is 463 g/mol. The van der Waals surface area contributed by atoms with Gasteiger partial charge in [-0.3, -0.25) is 9.89 Å². The maximum absolute atomic E-state index is 13.9. The van der Waals surface area contributed by atoms with E-state index in [4.69, 9.17) is 0 Å². The van der Waals surface area contributed by atoms with Gasteiger partial charge >= 0.3 is 0 Å². The van der Waals surface area contributed by atoms with Gasteiger partial charge in [0.1, 0.15) is 5.82 Å². The fraction of sp³-hybridized carbons (Fsp3) is 0.240. The van der Waals surface area contributed by atoms with Crippen molar-refractivity contribution < 1.29 is 13.6 Å². The molecule has 0 unspecified atom stereocenters. The van der Waals surface area contributed by atoms with Crippen molar-refractivity contribution in [3.05, 3.63) is 77.4 Å². The number of carbonyl (C=O) groups excluding carboxylic acids is 1. The molecule has 1 fully saturated rings. The number of aromatic amines is 1. The number of benzene rings is 2. The number of rotatable bonds is 5. The van der Waals surface area contributed by atoms with Crippen LogP contribution in [0.4, 0.5) is 26.1 Å². The summed E-state index contributed by atoms with van der Waals surface area (Å²) < 4.78 is 27.4. The molecule has 1 aliphatic heterocycles. The molecule has 0 spiro atoms. The highest BCUT2D eigenvalue weighted by molar-refractivity contribution is 6.07. The zero-order valence-corrected chi connectivity index (χ0v) is 18.6. The summed E-state index contributed by atoms with van der Waals surface area (Å²) in [6.07, 6.45) is 2.24. The number of aromatic nitrogens is 3. The van der Waals surface area contributed by atoms with Gasteiger partial charge in [-0.05, 0) is 80.9 Å². The second-order valence-electron chi connectivity index (χ2n) is 8.54. The quantitative estimate of drug-likeness (QED) is 0.387. The second kappa shape index (κ2) is 9.18. The number of fused-ring (bicyclic) bond motifs is 1. The van der Waals surface area contributed by atoms with E-state index in [1.807, 2.05) is 24.3 Å². The predicted molar refractivity (Wildman–Crippen MR) is 127 cm³/mol. The smallest absolute Gasteiger partial charge is 0.256 e. The third-order valence-corrected chi connectivity index (χ3v) is 6.23. The van der Waals surface area contributed by atoms with E-state index in [1.54, 1.807) is 12.1 Å². The zero-order chi connectivity index (χ0) is 23.7. The Hall–Kier alpha value is -3.85. The second-order valence-corrected chi connectivity index (χ2v) is 8.54. The average Bonchev–Trinajstić information content (AvgIpc) is 3.24. The SMILES string of the molecule is CN1CCC(c2ccc(C(=O)Nc3n[nH]c4nc(Nc5cccc(F)c5F)ccc34)cc2)CC1. The van der Waals surface area contributed by atoms with Gasteiger partial charge in [0.25, 0.3) is 5.91 Å². The van der Waals surface area contributed by atoms with Crippen LogP contribution in [0.2, 0.25) is 0 Å². The van der Waals surface area contributed by atoms with E-state index in [0.29, 0.717) is 34.2 Å². The van der Waals surface area contributed by atoms with Gasteiger partial charge in [-0.1, -0.05) is 18.2 Å². The number of hydrogen-bond acceptors (Lipinski definition) is 5. The van der Waals surface area contributed by atoms with Gasteiger partial charge in [0.05, 0.1) is 11.1 Å². The van der Waals surface area contributed by atoms with Gasteiger partial charge in [0.15, 0.2) is 23.1 Å². The van der Waals surface area contributed by atoms with Crippen LogP contribution in [-0.4, -0.2) is 46.1 Å². The van der Waals surface area contributed by atoms with E-state index in [2.05, 4.69) is 37.8 Å². The Labute approximate surface area is 195 Å². The van der Waals surface area contributed by atoms with Gasteiger partial charge in [-0.15, -0.1) is 0 Å². The predicted octanol–water partition coefficient (Wildman–Crippen LogP) is 5.04. The highest BCUT2D eigenvalue weighted by Gasteiger charge is 2.19. The van der Waals surface area contributed by atoms with Crippen molar-refractivity contribution in [2.75, 3.05) is 30.8 Å². The van der Waals surface area contributed by atoms with Crippen LogP contribution in [0, 0.1) is 11.6 Å². The normalized spacial score (nSPS) is 14.9. The summed E-state index contributed by atoms with van der Waals surface area (Å²) in [5, 5.41) is 13.1. The molecule has 1 aliphatic rings. The van der Waals surface area contributed by atoms with Crippen LogP contribution in [0.15, 0.2) is 54.6 Å². The van der Waals surface area contributed by atoms with Gasteiger partial charge in [-0.2, -0.15) is 5.10 Å². The van der Waals surface area contributed by atoms with E-state index in [9.17, 15) is 13.6 Å². The fourth-order valence-electron chi connectivity index (χ4n) is 4.24. The summed E-state index contributed by atoms with van der Waals surface area (Å²) in [6, 6.07) is 14.9. The highest BCUT2D eigenvalue weighted by atomic mass is 19.2. The first kappa shape index (κ1) is 22.0. The Balaban J connectivity index is 1.28. The minimum atomic E-state index is -0.983. The van der Waals surface area contributed by atoms with Gasteiger partial charge in [0.2, 0.25) is 0 Å². The van der Waals surface area contributed by atoms with Crippen LogP contribution in [0.25, 0.3) is 11.0 Å². The first-order chi connectivity index (χ1) is 16.5. The van der Waals surface area contributed by atoms with Gasteiger partial charge in [0, 0.05) is 5.56 Å². The first-order valence-electron chi connectivity index (χ1n) is 11.1. The van der Waals surface area contributed by atoms with Crippen molar-refractivity contribution in [2.24, 2.45) is 0 Å². The summed E-state index contributed by atoms with van der Waals surface area (Å²) >= 11 is 0. The number of pyridine rings is 1. The number of piperidine rings is 1.